The molecule has 0 saturated carbocycles. The summed E-state index contributed by atoms with van der Waals surface area (Å²) in [5.41, 5.74) is 1.25. The van der Waals surface area contributed by atoms with Crippen LogP contribution in [0.1, 0.15) is 45.2 Å². The molecule has 1 aromatic carbocycles. The van der Waals surface area contributed by atoms with E-state index in [-0.39, 0.29) is 6.10 Å². The summed E-state index contributed by atoms with van der Waals surface area (Å²) in [4.78, 5) is 0. The van der Waals surface area contributed by atoms with Crippen molar-refractivity contribution in [2.24, 2.45) is 5.92 Å². The van der Waals surface area contributed by atoms with E-state index in [2.05, 4.69) is 31.3 Å². The van der Waals surface area contributed by atoms with Gasteiger partial charge in [0.1, 0.15) is 5.75 Å². The number of benzene rings is 1. The van der Waals surface area contributed by atoms with Gasteiger partial charge in [-0.1, -0.05) is 26.0 Å². The molecule has 2 unspecified atom stereocenters. The van der Waals surface area contributed by atoms with E-state index < -0.39 is 0 Å². The summed E-state index contributed by atoms with van der Waals surface area (Å²) >= 11 is 0. The highest BCUT2D eigenvalue weighted by atomic mass is 16.5. The number of nitrogens with one attached hydrogen (secondary N) is 1. The standard InChI is InChI=1S/C16H27NO2/c1-12(2)5-10-16(17-11-13(3)18)14-6-8-15(19-4)9-7-14/h6-9,12-13,16-18H,5,10-11H2,1-4H3. The summed E-state index contributed by atoms with van der Waals surface area (Å²) in [7, 11) is 1.68. The van der Waals surface area contributed by atoms with Crippen LogP contribution in [-0.4, -0.2) is 24.9 Å². The van der Waals surface area contributed by atoms with Gasteiger partial charge < -0.3 is 15.2 Å². The van der Waals surface area contributed by atoms with Gasteiger partial charge in [-0.05, 0) is 43.4 Å². The molecule has 0 heterocycles. The molecule has 0 aliphatic heterocycles. The van der Waals surface area contributed by atoms with Crippen molar-refractivity contribution in [3.63, 3.8) is 0 Å². The maximum absolute atomic E-state index is 9.43. The van der Waals surface area contributed by atoms with Crippen molar-refractivity contribution in [1.82, 2.24) is 5.32 Å². The summed E-state index contributed by atoms with van der Waals surface area (Å²) in [6.45, 7) is 6.90. The first-order chi connectivity index (χ1) is 9.02. The number of hydrogen-bond acceptors (Lipinski definition) is 3. The molecule has 0 aromatic heterocycles. The zero-order chi connectivity index (χ0) is 14.3. The summed E-state index contributed by atoms with van der Waals surface area (Å²) in [5, 5.41) is 12.9. The van der Waals surface area contributed by atoms with E-state index in [9.17, 15) is 5.11 Å². The van der Waals surface area contributed by atoms with Gasteiger partial charge in [-0.2, -0.15) is 0 Å². The van der Waals surface area contributed by atoms with E-state index in [1.807, 2.05) is 12.1 Å². The number of aliphatic hydroxyl groups excluding tert-OH is 1. The van der Waals surface area contributed by atoms with Crippen LogP contribution in [0.25, 0.3) is 0 Å². The van der Waals surface area contributed by atoms with Crippen molar-refractivity contribution in [3.05, 3.63) is 29.8 Å². The Labute approximate surface area is 117 Å². The zero-order valence-corrected chi connectivity index (χ0v) is 12.5. The van der Waals surface area contributed by atoms with Gasteiger partial charge in [0.05, 0.1) is 13.2 Å². The van der Waals surface area contributed by atoms with E-state index in [0.717, 1.165) is 12.2 Å². The van der Waals surface area contributed by atoms with Crippen LogP contribution in [-0.2, 0) is 0 Å². The highest BCUT2D eigenvalue weighted by Gasteiger charge is 2.12. The Hall–Kier alpha value is -1.06. The molecule has 3 heteroatoms. The number of ether oxygens (including phenoxy) is 1. The monoisotopic (exact) mass is 265 g/mol. The zero-order valence-electron chi connectivity index (χ0n) is 12.5. The van der Waals surface area contributed by atoms with Crippen LogP contribution in [0.15, 0.2) is 24.3 Å². The molecule has 0 spiro atoms. The molecule has 0 bridgehead atoms. The van der Waals surface area contributed by atoms with E-state index in [1.54, 1.807) is 14.0 Å². The first kappa shape index (κ1) is 16.0. The summed E-state index contributed by atoms with van der Waals surface area (Å²) < 4.78 is 5.18. The van der Waals surface area contributed by atoms with Crippen LogP contribution in [0.5, 0.6) is 5.75 Å². The van der Waals surface area contributed by atoms with E-state index in [1.165, 1.54) is 12.0 Å². The third kappa shape index (κ3) is 6.08. The van der Waals surface area contributed by atoms with Crippen molar-refractivity contribution in [2.75, 3.05) is 13.7 Å². The Morgan fingerprint density at radius 3 is 2.21 bits per heavy atom. The first-order valence-corrected chi connectivity index (χ1v) is 7.08. The molecule has 1 rings (SSSR count). The van der Waals surface area contributed by atoms with Gasteiger partial charge in [-0.25, -0.2) is 0 Å². The van der Waals surface area contributed by atoms with Crippen molar-refractivity contribution in [3.8, 4) is 5.75 Å². The molecule has 0 aliphatic carbocycles. The van der Waals surface area contributed by atoms with Gasteiger partial charge in [0.15, 0.2) is 0 Å². The number of rotatable bonds is 8. The lowest BCUT2D eigenvalue weighted by Crippen LogP contribution is -2.29. The predicted molar refractivity (Wildman–Crippen MR) is 79.5 cm³/mol. The quantitative estimate of drug-likeness (QED) is 0.758. The van der Waals surface area contributed by atoms with Crippen molar-refractivity contribution in [2.45, 2.75) is 45.8 Å². The largest absolute Gasteiger partial charge is 0.497 e. The fourth-order valence-corrected chi connectivity index (χ4v) is 2.04. The first-order valence-electron chi connectivity index (χ1n) is 7.08. The van der Waals surface area contributed by atoms with E-state index in [4.69, 9.17) is 4.74 Å². The smallest absolute Gasteiger partial charge is 0.118 e. The lowest BCUT2D eigenvalue weighted by Gasteiger charge is -2.21. The molecule has 0 amide bonds. The molecule has 0 saturated heterocycles. The molecule has 19 heavy (non-hydrogen) atoms. The van der Waals surface area contributed by atoms with E-state index in [0.29, 0.717) is 18.5 Å². The second-order valence-corrected chi connectivity index (χ2v) is 5.55. The van der Waals surface area contributed by atoms with E-state index >= 15 is 0 Å². The van der Waals surface area contributed by atoms with Crippen LogP contribution in [0.3, 0.4) is 0 Å². The fraction of sp³-hybridized carbons (Fsp3) is 0.625. The summed E-state index contributed by atoms with van der Waals surface area (Å²) in [6.07, 6.45) is 1.93. The topological polar surface area (TPSA) is 41.5 Å². The highest BCUT2D eigenvalue weighted by molar-refractivity contribution is 5.29. The Morgan fingerprint density at radius 2 is 1.74 bits per heavy atom. The van der Waals surface area contributed by atoms with Crippen LogP contribution in [0.4, 0.5) is 0 Å². The van der Waals surface area contributed by atoms with Crippen molar-refractivity contribution in [1.29, 1.82) is 0 Å². The van der Waals surface area contributed by atoms with Gasteiger partial charge >= 0.3 is 0 Å². The van der Waals surface area contributed by atoms with Gasteiger partial charge in [0, 0.05) is 12.6 Å². The molecule has 1 aromatic rings. The second kappa shape index (κ2) is 8.18. The lowest BCUT2D eigenvalue weighted by atomic mass is 9.97. The molecule has 0 radical (unpaired) electrons. The molecular weight excluding hydrogens is 238 g/mol. The Kier molecular flexibility index (Phi) is 6.89. The minimum atomic E-state index is -0.320. The normalized spacial score (nSPS) is 14.4. The van der Waals surface area contributed by atoms with Crippen LogP contribution >= 0.6 is 0 Å². The molecule has 2 N–H and O–H groups in total. The Bertz CT molecular complexity index is 334. The third-order valence-electron chi connectivity index (χ3n) is 3.21. The molecule has 2 atom stereocenters. The fourth-order valence-electron chi connectivity index (χ4n) is 2.04. The number of aliphatic hydroxyl groups is 1. The van der Waals surface area contributed by atoms with Crippen LogP contribution in [0, 0.1) is 5.92 Å². The number of hydrogen-bond donors (Lipinski definition) is 2. The molecular formula is C16H27NO2. The van der Waals surface area contributed by atoms with Crippen molar-refractivity contribution >= 4 is 0 Å². The summed E-state index contributed by atoms with van der Waals surface area (Å²) in [6, 6.07) is 8.46. The average Bonchev–Trinajstić information content (AvgIpc) is 2.38. The lowest BCUT2D eigenvalue weighted by molar-refractivity contribution is 0.184. The second-order valence-electron chi connectivity index (χ2n) is 5.55. The van der Waals surface area contributed by atoms with Crippen LogP contribution < -0.4 is 10.1 Å². The van der Waals surface area contributed by atoms with Gasteiger partial charge in [-0.15, -0.1) is 0 Å². The highest BCUT2D eigenvalue weighted by Crippen LogP contribution is 2.23. The van der Waals surface area contributed by atoms with Gasteiger partial charge in [0.2, 0.25) is 0 Å². The third-order valence-corrected chi connectivity index (χ3v) is 3.21. The Morgan fingerprint density at radius 1 is 1.11 bits per heavy atom. The average molecular weight is 265 g/mol. The minimum Gasteiger partial charge on any atom is -0.497 e. The van der Waals surface area contributed by atoms with Crippen LogP contribution in [0.2, 0.25) is 0 Å². The minimum absolute atomic E-state index is 0.294. The summed E-state index contributed by atoms with van der Waals surface area (Å²) in [5.74, 6) is 1.57. The maximum atomic E-state index is 9.43. The van der Waals surface area contributed by atoms with Gasteiger partial charge in [0.25, 0.3) is 0 Å². The molecule has 3 nitrogen and oxygen atoms in total. The molecule has 108 valence electrons. The maximum Gasteiger partial charge on any atom is 0.118 e. The molecule has 0 fully saturated rings. The SMILES string of the molecule is COc1ccc(C(CCC(C)C)NCC(C)O)cc1. The predicted octanol–water partition coefficient (Wildman–Crippen LogP) is 3.14. The molecule has 0 aliphatic rings. The Balaban J connectivity index is 2.69. The van der Waals surface area contributed by atoms with Crippen molar-refractivity contribution < 1.29 is 9.84 Å². The van der Waals surface area contributed by atoms with Gasteiger partial charge in [-0.3, -0.25) is 0 Å². The number of methoxy groups -OCH3 is 1.